The van der Waals surface area contributed by atoms with Gasteiger partial charge in [0.1, 0.15) is 5.76 Å². The lowest BCUT2D eigenvalue weighted by atomic mass is 10.2. The van der Waals surface area contributed by atoms with E-state index in [2.05, 4.69) is 40.4 Å². The minimum absolute atomic E-state index is 0.230. The summed E-state index contributed by atoms with van der Waals surface area (Å²) in [5, 5.41) is 0.230. The fraction of sp³-hybridized carbons (Fsp3) is 0.769. The highest BCUT2D eigenvalue weighted by molar-refractivity contribution is 6.74. The van der Waals surface area contributed by atoms with E-state index in [4.69, 9.17) is 9.16 Å². The summed E-state index contributed by atoms with van der Waals surface area (Å²) in [4.78, 5) is 13.0. The number of hydrogen-bond donors (Lipinski definition) is 0. The molecule has 1 rings (SSSR count). The van der Waals surface area contributed by atoms with Gasteiger partial charge in [0.25, 0.3) is 0 Å². The maximum Gasteiger partial charge on any atom is 0.415 e. The van der Waals surface area contributed by atoms with Crippen LogP contribution in [0.25, 0.3) is 0 Å². The SMILES string of the molecule is C=C1CN(CCCO[Si](C)(C)C(C)(C)C)C(=O)O1. The van der Waals surface area contributed by atoms with Crippen molar-refractivity contribution in [2.75, 3.05) is 19.7 Å². The number of ether oxygens (including phenoxy) is 1. The van der Waals surface area contributed by atoms with Gasteiger partial charge in [0, 0.05) is 13.2 Å². The first kappa shape index (κ1) is 15.2. The predicted octanol–water partition coefficient (Wildman–Crippen LogP) is 3.36. The van der Waals surface area contributed by atoms with Crippen LogP contribution in [0.5, 0.6) is 0 Å². The standard InChI is InChI=1S/C13H25NO3Si/c1-11-10-14(12(15)17-11)8-7-9-16-18(5,6)13(2,3)4/h1,7-10H2,2-6H3. The van der Waals surface area contributed by atoms with Gasteiger partial charge in [-0.05, 0) is 24.6 Å². The zero-order chi connectivity index (χ0) is 14.0. The molecule has 0 atom stereocenters. The maximum absolute atomic E-state index is 11.3. The molecule has 0 N–H and O–H groups in total. The number of rotatable bonds is 5. The van der Waals surface area contributed by atoms with Gasteiger partial charge in [-0.1, -0.05) is 27.4 Å². The van der Waals surface area contributed by atoms with Crippen LogP contribution in [0.2, 0.25) is 18.1 Å². The van der Waals surface area contributed by atoms with E-state index in [1.165, 1.54) is 0 Å². The zero-order valence-corrected chi connectivity index (χ0v) is 13.2. The third-order valence-electron chi connectivity index (χ3n) is 3.70. The molecule has 0 aliphatic carbocycles. The fourth-order valence-electron chi connectivity index (χ4n) is 1.47. The van der Waals surface area contributed by atoms with Crippen molar-refractivity contribution in [2.45, 2.75) is 45.3 Å². The molecule has 1 fully saturated rings. The molecule has 1 heterocycles. The molecular weight excluding hydrogens is 246 g/mol. The second-order valence-corrected chi connectivity index (χ2v) is 11.1. The van der Waals surface area contributed by atoms with Crippen molar-refractivity contribution in [3.8, 4) is 0 Å². The average Bonchev–Trinajstić information content (AvgIpc) is 2.50. The van der Waals surface area contributed by atoms with Gasteiger partial charge < -0.3 is 14.1 Å². The van der Waals surface area contributed by atoms with E-state index in [1.54, 1.807) is 4.90 Å². The summed E-state index contributed by atoms with van der Waals surface area (Å²) >= 11 is 0. The van der Waals surface area contributed by atoms with Crippen LogP contribution < -0.4 is 0 Å². The van der Waals surface area contributed by atoms with Gasteiger partial charge in [-0.25, -0.2) is 4.79 Å². The quantitative estimate of drug-likeness (QED) is 0.568. The molecule has 0 saturated carbocycles. The van der Waals surface area contributed by atoms with Crippen LogP contribution in [0.3, 0.4) is 0 Å². The van der Waals surface area contributed by atoms with E-state index in [0.29, 0.717) is 25.5 Å². The molecule has 0 spiro atoms. The maximum atomic E-state index is 11.3. The van der Waals surface area contributed by atoms with E-state index < -0.39 is 8.32 Å². The summed E-state index contributed by atoms with van der Waals surface area (Å²) in [5.41, 5.74) is 0. The molecule has 1 aliphatic rings. The second-order valence-electron chi connectivity index (χ2n) is 6.29. The van der Waals surface area contributed by atoms with Crippen LogP contribution in [0.4, 0.5) is 4.79 Å². The van der Waals surface area contributed by atoms with Gasteiger partial charge in [-0.15, -0.1) is 0 Å². The number of carbonyl (C=O) groups excluding carboxylic acids is 1. The van der Waals surface area contributed by atoms with E-state index in [1.807, 2.05) is 0 Å². The summed E-state index contributed by atoms with van der Waals surface area (Å²) in [7, 11) is -1.66. The Labute approximate surface area is 111 Å². The average molecular weight is 271 g/mol. The smallest absolute Gasteiger partial charge is 0.415 e. The molecule has 0 radical (unpaired) electrons. The van der Waals surface area contributed by atoms with Gasteiger partial charge >= 0.3 is 6.09 Å². The molecular formula is C13H25NO3Si. The highest BCUT2D eigenvalue weighted by Gasteiger charge is 2.37. The number of amides is 1. The summed E-state index contributed by atoms with van der Waals surface area (Å²) in [6.45, 7) is 16.7. The molecule has 104 valence electrons. The summed E-state index contributed by atoms with van der Waals surface area (Å²) in [5.74, 6) is 0.533. The van der Waals surface area contributed by atoms with E-state index in [-0.39, 0.29) is 11.1 Å². The first-order valence-electron chi connectivity index (χ1n) is 6.42. The number of hydrogen-bond acceptors (Lipinski definition) is 3. The number of cyclic esters (lactones) is 1. The minimum Gasteiger partial charge on any atom is -0.417 e. The van der Waals surface area contributed by atoms with E-state index >= 15 is 0 Å². The Morgan fingerprint density at radius 2 is 2.06 bits per heavy atom. The number of carbonyl (C=O) groups is 1. The summed E-state index contributed by atoms with van der Waals surface area (Å²) in [6.07, 6.45) is 0.557. The third kappa shape index (κ3) is 3.85. The van der Waals surface area contributed by atoms with Gasteiger partial charge in [0.15, 0.2) is 8.32 Å². The fourth-order valence-corrected chi connectivity index (χ4v) is 2.55. The Kier molecular flexibility index (Phi) is 4.61. The van der Waals surface area contributed by atoms with Crippen LogP contribution in [0.1, 0.15) is 27.2 Å². The Morgan fingerprint density at radius 3 is 2.50 bits per heavy atom. The predicted molar refractivity (Wildman–Crippen MR) is 75.0 cm³/mol. The van der Waals surface area contributed by atoms with Crippen molar-refractivity contribution in [2.24, 2.45) is 0 Å². The lowest BCUT2D eigenvalue weighted by Gasteiger charge is -2.36. The molecule has 5 heteroatoms. The highest BCUT2D eigenvalue weighted by Crippen LogP contribution is 2.36. The Morgan fingerprint density at radius 1 is 1.44 bits per heavy atom. The minimum atomic E-state index is -1.66. The molecule has 0 unspecified atom stereocenters. The second kappa shape index (κ2) is 5.44. The lowest BCUT2D eigenvalue weighted by molar-refractivity contribution is 0.165. The van der Waals surface area contributed by atoms with Crippen LogP contribution in [-0.4, -0.2) is 39.0 Å². The van der Waals surface area contributed by atoms with Crippen LogP contribution in [0.15, 0.2) is 12.3 Å². The van der Waals surface area contributed by atoms with Crippen molar-refractivity contribution in [3.05, 3.63) is 12.3 Å². The summed E-state index contributed by atoms with van der Waals surface area (Å²) in [6, 6.07) is 0. The van der Waals surface area contributed by atoms with Gasteiger partial charge in [0.2, 0.25) is 0 Å². The van der Waals surface area contributed by atoms with Crippen molar-refractivity contribution in [3.63, 3.8) is 0 Å². The molecule has 1 aliphatic heterocycles. The van der Waals surface area contributed by atoms with Crippen LogP contribution >= 0.6 is 0 Å². The first-order chi connectivity index (χ1) is 8.13. The Hall–Kier alpha value is -0.813. The van der Waals surface area contributed by atoms with E-state index in [9.17, 15) is 4.79 Å². The molecule has 18 heavy (non-hydrogen) atoms. The van der Waals surface area contributed by atoms with Gasteiger partial charge in [-0.3, -0.25) is 0 Å². The Bertz CT molecular complexity index is 334. The monoisotopic (exact) mass is 271 g/mol. The van der Waals surface area contributed by atoms with E-state index in [0.717, 1.165) is 6.42 Å². The highest BCUT2D eigenvalue weighted by atomic mass is 28.4. The van der Waals surface area contributed by atoms with Gasteiger partial charge in [0.05, 0.1) is 6.54 Å². The largest absolute Gasteiger partial charge is 0.417 e. The third-order valence-corrected chi connectivity index (χ3v) is 8.24. The lowest BCUT2D eigenvalue weighted by Crippen LogP contribution is -2.41. The number of nitrogens with zero attached hydrogens (tertiary/aromatic N) is 1. The molecule has 0 bridgehead atoms. The van der Waals surface area contributed by atoms with Crippen molar-refractivity contribution >= 4 is 14.4 Å². The normalized spacial score (nSPS) is 17.3. The Balaban J connectivity index is 2.27. The molecule has 1 saturated heterocycles. The van der Waals surface area contributed by atoms with Crippen molar-refractivity contribution in [1.82, 2.24) is 4.90 Å². The van der Waals surface area contributed by atoms with Crippen molar-refractivity contribution in [1.29, 1.82) is 0 Å². The molecule has 4 nitrogen and oxygen atoms in total. The van der Waals surface area contributed by atoms with Crippen molar-refractivity contribution < 1.29 is 14.0 Å². The topological polar surface area (TPSA) is 38.8 Å². The van der Waals surface area contributed by atoms with Gasteiger partial charge in [-0.2, -0.15) is 0 Å². The summed E-state index contributed by atoms with van der Waals surface area (Å²) < 4.78 is 10.9. The molecule has 0 aromatic heterocycles. The molecule has 1 amide bonds. The first-order valence-corrected chi connectivity index (χ1v) is 9.33. The zero-order valence-electron chi connectivity index (χ0n) is 12.2. The molecule has 0 aromatic carbocycles. The van der Waals surface area contributed by atoms with Crippen LogP contribution in [-0.2, 0) is 9.16 Å². The van der Waals surface area contributed by atoms with Crippen LogP contribution in [0, 0.1) is 0 Å². The molecule has 0 aromatic rings.